The molecule has 2 aromatic rings. The number of aliphatic hydroxyl groups excluding tert-OH is 1. The number of rotatable bonds is 5. The van der Waals surface area contributed by atoms with E-state index in [1.165, 1.54) is 4.90 Å². The Morgan fingerprint density at radius 1 is 0.973 bits per heavy atom. The van der Waals surface area contributed by atoms with Crippen molar-refractivity contribution >= 4 is 5.91 Å². The first kappa shape index (κ1) is 27.4. The second-order valence-corrected chi connectivity index (χ2v) is 9.54. The van der Waals surface area contributed by atoms with Crippen molar-refractivity contribution < 1.29 is 41.0 Å². The van der Waals surface area contributed by atoms with Crippen molar-refractivity contribution in [2.24, 2.45) is 0 Å². The van der Waals surface area contributed by atoms with Gasteiger partial charge in [-0.1, -0.05) is 30.3 Å². The average molecular weight is 531 g/mol. The number of halogens is 6. The highest BCUT2D eigenvalue weighted by Gasteiger charge is 2.47. The second kappa shape index (κ2) is 10.6. The van der Waals surface area contributed by atoms with Gasteiger partial charge >= 0.3 is 12.4 Å². The summed E-state index contributed by atoms with van der Waals surface area (Å²) < 4.78 is 86.0. The topological polar surface area (TPSA) is 53.0 Å². The zero-order valence-electron chi connectivity index (χ0n) is 20.0. The molecule has 1 N–H and O–H groups in total. The van der Waals surface area contributed by atoms with Gasteiger partial charge in [0, 0.05) is 44.3 Å². The Labute approximate surface area is 210 Å². The molecule has 2 fully saturated rings. The van der Waals surface area contributed by atoms with Crippen molar-refractivity contribution in [3.63, 3.8) is 0 Å². The SMILES string of the molecule is O=C(c1cc(C(F)(F)F)cc(C(F)(F)F)c1)N1CCC2(CC1)OCN(CCCO)CC2c1ccccc1. The summed E-state index contributed by atoms with van der Waals surface area (Å²) in [5, 5.41) is 9.19. The first-order chi connectivity index (χ1) is 17.4. The van der Waals surface area contributed by atoms with Gasteiger partial charge in [0.2, 0.25) is 0 Å². The number of carbonyl (C=O) groups is 1. The molecule has 2 aliphatic heterocycles. The van der Waals surface area contributed by atoms with Crippen LogP contribution >= 0.6 is 0 Å². The number of likely N-dealkylation sites (tertiary alicyclic amines) is 1. The molecule has 0 saturated carbocycles. The lowest BCUT2D eigenvalue weighted by Crippen LogP contribution is -2.58. The number of benzene rings is 2. The highest BCUT2D eigenvalue weighted by molar-refractivity contribution is 5.94. The van der Waals surface area contributed by atoms with Gasteiger partial charge in [0.05, 0.1) is 23.5 Å². The molecule has 1 spiro atoms. The van der Waals surface area contributed by atoms with Crippen LogP contribution in [0.15, 0.2) is 48.5 Å². The summed E-state index contributed by atoms with van der Waals surface area (Å²) in [4.78, 5) is 16.5. The maximum absolute atomic E-state index is 13.3. The average Bonchev–Trinajstić information content (AvgIpc) is 2.87. The standard InChI is InChI=1S/C26H28F6N2O3/c27-25(28,29)20-13-19(14-21(15-20)26(30,31)32)23(36)34-10-7-24(8-11-34)22(18-5-2-1-3-6-18)16-33(17-37-24)9-4-12-35/h1-3,5-6,13-15,22,35H,4,7-12,16-17H2. The van der Waals surface area contributed by atoms with E-state index in [1.54, 1.807) is 0 Å². The van der Waals surface area contributed by atoms with E-state index >= 15 is 0 Å². The van der Waals surface area contributed by atoms with E-state index in [4.69, 9.17) is 4.74 Å². The number of hydrogen-bond acceptors (Lipinski definition) is 4. The Bertz CT molecular complexity index is 1050. The van der Waals surface area contributed by atoms with Gasteiger partial charge in [-0.25, -0.2) is 0 Å². The van der Waals surface area contributed by atoms with Gasteiger partial charge in [-0.3, -0.25) is 9.69 Å². The maximum Gasteiger partial charge on any atom is 0.416 e. The zero-order valence-corrected chi connectivity index (χ0v) is 20.0. The quantitative estimate of drug-likeness (QED) is 0.543. The first-order valence-corrected chi connectivity index (χ1v) is 12.0. The van der Waals surface area contributed by atoms with E-state index in [0.29, 0.717) is 51.2 Å². The first-order valence-electron chi connectivity index (χ1n) is 12.0. The van der Waals surface area contributed by atoms with Gasteiger partial charge in [0.15, 0.2) is 0 Å². The number of hydrogen-bond donors (Lipinski definition) is 1. The van der Waals surface area contributed by atoms with Crippen LogP contribution in [-0.2, 0) is 17.1 Å². The molecule has 0 radical (unpaired) electrons. The monoisotopic (exact) mass is 530 g/mol. The summed E-state index contributed by atoms with van der Waals surface area (Å²) in [6, 6.07) is 10.7. The Balaban J connectivity index is 1.55. The van der Waals surface area contributed by atoms with Crippen molar-refractivity contribution in [2.45, 2.75) is 43.1 Å². The summed E-state index contributed by atoms with van der Waals surface area (Å²) in [6.45, 7) is 1.98. The lowest BCUT2D eigenvalue weighted by molar-refractivity contribution is -0.171. The summed E-state index contributed by atoms with van der Waals surface area (Å²) in [5.41, 5.74) is -3.25. The Morgan fingerprint density at radius 3 is 2.11 bits per heavy atom. The van der Waals surface area contributed by atoms with E-state index in [2.05, 4.69) is 4.90 Å². The molecule has 1 atom stereocenters. The van der Waals surface area contributed by atoms with E-state index < -0.39 is 40.6 Å². The van der Waals surface area contributed by atoms with Crippen LogP contribution in [0.1, 0.15) is 52.2 Å². The predicted octanol–water partition coefficient (Wildman–Crippen LogP) is 5.15. The summed E-state index contributed by atoms with van der Waals surface area (Å²) in [7, 11) is 0. The molecular formula is C26H28F6N2O3. The third-order valence-corrected chi connectivity index (χ3v) is 7.18. The number of amides is 1. The fourth-order valence-corrected chi connectivity index (χ4v) is 5.18. The van der Waals surface area contributed by atoms with Crippen molar-refractivity contribution in [1.29, 1.82) is 0 Å². The number of carbonyl (C=O) groups excluding carboxylic acids is 1. The lowest BCUT2D eigenvalue weighted by Gasteiger charge is -2.51. The molecule has 2 aliphatic rings. The normalized spacial score (nSPS) is 20.8. The number of aliphatic hydroxyl groups is 1. The third kappa shape index (κ3) is 6.10. The van der Waals surface area contributed by atoms with Crippen LogP contribution in [0.5, 0.6) is 0 Å². The largest absolute Gasteiger partial charge is 0.416 e. The summed E-state index contributed by atoms with van der Waals surface area (Å²) >= 11 is 0. The molecule has 11 heteroatoms. The van der Waals surface area contributed by atoms with Crippen LogP contribution in [0.25, 0.3) is 0 Å². The molecule has 1 amide bonds. The van der Waals surface area contributed by atoms with Crippen molar-refractivity contribution in [1.82, 2.24) is 9.80 Å². The van der Waals surface area contributed by atoms with Crippen LogP contribution in [0.2, 0.25) is 0 Å². The molecule has 5 nitrogen and oxygen atoms in total. The highest BCUT2D eigenvalue weighted by Crippen LogP contribution is 2.44. The summed E-state index contributed by atoms with van der Waals surface area (Å²) in [6.07, 6.45) is -8.68. The van der Waals surface area contributed by atoms with Gasteiger partial charge in [-0.05, 0) is 43.0 Å². The minimum Gasteiger partial charge on any atom is -0.396 e. The van der Waals surface area contributed by atoms with E-state index in [9.17, 15) is 36.2 Å². The minimum absolute atomic E-state index is 0.0187. The highest BCUT2D eigenvalue weighted by atomic mass is 19.4. The fourth-order valence-electron chi connectivity index (χ4n) is 5.18. The number of nitrogens with zero attached hydrogens (tertiary/aromatic N) is 2. The van der Waals surface area contributed by atoms with E-state index in [0.717, 1.165) is 5.56 Å². The van der Waals surface area contributed by atoms with Gasteiger partial charge in [0.1, 0.15) is 0 Å². The second-order valence-electron chi connectivity index (χ2n) is 9.54. The maximum atomic E-state index is 13.3. The van der Waals surface area contributed by atoms with Crippen LogP contribution in [0, 0.1) is 0 Å². The van der Waals surface area contributed by atoms with Gasteiger partial charge in [-0.2, -0.15) is 26.3 Å². The van der Waals surface area contributed by atoms with Crippen molar-refractivity contribution in [2.75, 3.05) is 39.5 Å². The number of ether oxygens (including phenoxy) is 1. The van der Waals surface area contributed by atoms with Gasteiger partial charge in [0.25, 0.3) is 5.91 Å². The summed E-state index contributed by atoms with van der Waals surface area (Å²) in [5.74, 6) is -0.924. The van der Waals surface area contributed by atoms with Crippen LogP contribution < -0.4 is 0 Å². The molecule has 0 aliphatic carbocycles. The smallest absolute Gasteiger partial charge is 0.396 e. The fraction of sp³-hybridized carbons (Fsp3) is 0.500. The third-order valence-electron chi connectivity index (χ3n) is 7.18. The molecule has 202 valence electrons. The number of alkyl halides is 6. The van der Waals surface area contributed by atoms with Gasteiger partial charge < -0.3 is 14.7 Å². The lowest BCUT2D eigenvalue weighted by atomic mass is 9.74. The molecule has 2 heterocycles. The molecule has 2 saturated heterocycles. The minimum atomic E-state index is -5.02. The molecule has 1 unspecified atom stereocenters. The molecule has 0 bridgehead atoms. The van der Waals surface area contributed by atoms with Crippen LogP contribution in [0.4, 0.5) is 26.3 Å². The van der Waals surface area contributed by atoms with Crippen molar-refractivity contribution in [3.8, 4) is 0 Å². The van der Waals surface area contributed by atoms with E-state index in [1.807, 2.05) is 30.3 Å². The van der Waals surface area contributed by atoms with Crippen LogP contribution in [0.3, 0.4) is 0 Å². The molecule has 37 heavy (non-hydrogen) atoms. The van der Waals surface area contributed by atoms with Crippen molar-refractivity contribution in [3.05, 3.63) is 70.8 Å². The number of piperidine rings is 1. The Kier molecular flexibility index (Phi) is 7.87. The Morgan fingerprint density at radius 2 is 1.57 bits per heavy atom. The zero-order chi connectivity index (χ0) is 26.8. The molecule has 4 rings (SSSR count). The molecule has 0 aromatic heterocycles. The van der Waals surface area contributed by atoms with Gasteiger partial charge in [-0.15, -0.1) is 0 Å². The van der Waals surface area contributed by atoms with Crippen LogP contribution in [-0.4, -0.2) is 65.9 Å². The van der Waals surface area contributed by atoms with E-state index in [-0.39, 0.29) is 31.7 Å². The Hall–Kier alpha value is -2.63. The molecular weight excluding hydrogens is 502 g/mol. The molecule has 2 aromatic carbocycles. The predicted molar refractivity (Wildman–Crippen MR) is 123 cm³/mol.